The Morgan fingerprint density at radius 1 is 1.17 bits per heavy atom. The lowest BCUT2D eigenvalue weighted by atomic mass is 10.0. The Kier molecular flexibility index (Phi) is 5.64. The van der Waals surface area contributed by atoms with E-state index >= 15 is 0 Å². The average molecular weight is 398 g/mol. The fraction of sp³-hybridized carbons (Fsp3) is 0.476. The second-order valence-corrected chi connectivity index (χ2v) is 7.21. The highest BCUT2D eigenvalue weighted by atomic mass is 16.7. The maximum absolute atomic E-state index is 11.8. The second kappa shape index (κ2) is 8.34. The summed E-state index contributed by atoms with van der Waals surface area (Å²) in [6.07, 6.45) is 1.66. The fourth-order valence-electron chi connectivity index (χ4n) is 3.67. The molecule has 2 fully saturated rings. The SMILES string of the molecule is CCOC(=O)c1ccc(Nc2nc(C)cc(N3CCC4(CC3)OCCO4)n2)cc1. The minimum absolute atomic E-state index is 0.328. The van der Waals surface area contributed by atoms with Gasteiger partial charge in [0.15, 0.2) is 5.79 Å². The number of hydrogen-bond acceptors (Lipinski definition) is 8. The third-order valence-corrected chi connectivity index (χ3v) is 5.16. The van der Waals surface area contributed by atoms with Crippen LogP contribution in [0.5, 0.6) is 0 Å². The summed E-state index contributed by atoms with van der Waals surface area (Å²) < 4.78 is 16.6. The quantitative estimate of drug-likeness (QED) is 0.769. The van der Waals surface area contributed by atoms with E-state index in [2.05, 4.69) is 20.2 Å². The number of benzene rings is 1. The monoisotopic (exact) mass is 398 g/mol. The summed E-state index contributed by atoms with van der Waals surface area (Å²) in [4.78, 5) is 23.2. The molecule has 0 unspecified atom stereocenters. The van der Waals surface area contributed by atoms with Crippen LogP contribution in [0.4, 0.5) is 17.5 Å². The molecule has 0 bridgehead atoms. The van der Waals surface area contributed by atoms with Crippen LogP contribution in [0.15, 0.2) is 30.3 Å². The van der Waals surface area contributed by atoms with Gasteiger partial charge in [0.2, 0.25) is 5.95 Å². The van der Waals surface area contributed by atoms with E-state index < -0.39 is 5.79 Å². The van der Waals surface area contributed by atoms with Crippen LogP contribution in [-0.4, -0.2) is 54.6 Å². The number of aryl methyl sites for hydroxylation is 1. The molecule has 154 valence electrons. The number of aromatic nitrogens is 2. The van der Waals surface area contributed by atoms with Crippen molar-refractivity contribution in [2.75, 3.05) is 43.1 Å². The van der Waals surface area contributed by atoms with Crippen LogP contribution in [0.1, 0.15) is 35.8 Å². The van der Waals surface area contributed by atoms with Crippen LogP contribution < -0.4 is 10.2 Å². The molecule has 0 atom stereocenters. The Hall–Kier alpha value is -2.71. The smallest absolute Gasteiger partial charge is 0.338 e. The van der Waals surface area contributed by atoms with Gasteiger partial charge in [-0.25, -0.2) is 9.78 Å². The van der Waals surface area contributed by atoms with Gasteiger partial charge in [-0.3, -0.25) is 0 Å². The first kappa shape index (κ1) is 19.6. The molecule has 29 heavy (non-hydrogen) atoms. The topological polar surface area (TPSA) is 85.8 Å². The molecule has 2 aromatic rings. The van der Waals surface area contributed by atoms with Gasteiger partial charge in [0.25, 0.3) is 0 Å². The number of hydrogen-bond donors (Lipinski definition) is 1. The molecule has 1 aromatic heterocycles. The van der Waals surface area contributed by atoms with Crippen molar-refractivity contribution in [3.8, 4) is 0 Å². The first-order valence-electron chi connectivity index (χ1n) is 10.00. The Morgan fingerprint density at radius 3 is 2.52 bits per heavy atom. The average Bonchev–Trinajstić information content (AvgIpc) is 3.17. The van der Waals surface area contributed by atoms with Crippen LogP contribution in [0.25, 0.3) is 0 Å². The maximum Gasteiger partial charge on any atom is 0.338 e. The minimum atomic E-state index is -0.402. The summed E-state index contributed by atoms with van der Waals surface area (Å²) in [6, 6.07) is 9.07. The normalized spacial score (nSPS) is 18.1. The molecule has 1 spiro atoms. The molecule has 0 saturated carbocycles. The predicted octanol–water partition coefficient (Wildman–Crippen LogP) is 3.05. The summed E-state index contributed by atoms with van der Waals surface area (Å²) in [7, 11) is 0. The lowest BCUT2D eigenvalue weighted by Gasteiger charge is -2.38. The van der Waals surface area contributed by atoms with E-state index in [-0.39, 0.29) is 5.97 Å². The molecule has 1 aromatic carbocycles. The molecule has 8 nitrogen and oxygen atoms in total. The van der Waals surface area contributed by atoms with Crippen molar-refractivity contribution in [3.05, 3.63) is 41.6 Å². The van der Waals surface area contributed by atoms with Gasteiger partial charge < -0.3 is 24.4 Å². The van der Waals surface area contributed by atoms with Gasteiger partial charge in [-0.05, 0) is 38.1 Å². The first-order chi connectivity index (χ1) is 14.1. The summed E-state index contributed by atoms with van der Waals surface area (Å²) in [5.74, 6) is 0.681. The minimum Gasteiger partial charge on any atom is -0.462 e. The van der Waals surface area contributed by atoms with E-state index in [0.717, 1.165) is 43.1 Å². The second-order valence-electron chi connectivity index (χ2n) is 7.21. The molecule has 0 amide bonds. The van der Waals surface area contributed by atoms with E-state index in [1.165, 1.54) is 0 Å². The number of ether oxygens (including phenoxy) is 3. The molecule has 2 aliphatic rings. The van der Waals surface area contributed by atoms with Crippen molar-refractivity contribution in [1.29, 1.82) is 0 Å². The lowest BCUT2D eigenvalue weighted by molar-refractivity contribution is -0.169. The molecule has 0 aliphatic carbocycles. The van der Waals surface area contributed by atoms with Crippen molar-refractivity contribution in [2.24, 2.45) is 0 Å². The number of nitrogens with zero attached hydrogens (tertiary/aromatic N) is 3. The molecule has 4 rings (SSSR count). The largest absolute Gasteiger partial charge is 0.462 e. The Labute approximate surface area is 170 Å². The zero-order valence-electron chi connectivity index (χ0n) is 16.8. The summed E-state index contributed by atoms with van der Waals surface area (Å²) in [5, 5.41) is 3.22. The van der Waals surface area contributed by atoms with Gasteiger partial charge in [-0.2, -0.15) is 4.98 Å². The predicted molar refractivity (Wildman–Crippen MR) is 109 cm³/mol. The molecule has 0 radical (unpaired) electrons. The Balaban J connectivity index is 1.44. The molecule has 8 heteroatoms. The van der Waals surface area contributed by atoms with Crippen molar-refractivity contribution in [3.63, 3.8) is 0 Å². The van der Waals surface area contributed by atoms with Gasteiger partial charge in [0, 0.05) is 43.4 Å². The lowest BCUT2D eigenvalue weighted by Crippen LogP contribution is -2.45. The molecule has 2 aliphatic heterocycles. The van der Waals surface area contributed by atoms with Crippen LogP contribution in [-0.2, 0) is 14.2 Å². The van der Waals surface area contributed by atoms with Crippen molar-refractivity contribution in [2.45, 2.75) is 32.5 Å². The summed E-state index contributed by atoms with van der Waals surface area (Å²) in [5.41, 5.74) is 2.20. The van der Waals surface area contributed by atoms with Gasteiger partial charge in [-0.1, -0.05) is 0 Å². The standard InChI is InChI=1S/C21H26N4O4/c1-3-27-19(26)16-4-6-17(7-5-16)23-20-22-15(2)14-18(24-20)25-10-8-21(9-11-25)28-12-13-29-21/h4-7,14H,3,8-13H2,1-2H3,(H,22,23,24). The summed E-state index contributed by atoms with van der Waals surface area (Å²) >= 11 is 0. The fourth-order valence-corrected chi connectivity index (χ4v) is 3.67. The van der Waals surface area contributed by atoms with E-state index in [9.17, 15) is 4.79 Å². The Morgan fingerprint density at radius 2 is 1.86 bits per heavy atom. The van der Waals surface area contributed by atoms with Gasteiger partial charge in [-0.15, -0.1) is 0 Å². The van der Waals surface area contributed by atoms with Crippen LogP contribution in [0, 0.1) is 6.92 Å². The van der Waals surface area contributed by atoms with Gasteiger partial charge >= 0.3 is 5.97 Å². The zero-order valence-corrected chi connectivity index (χ0v) is 16.8. The van der Waals surface area contributed by atoms with Crippen molar-refractivity contribution in [1.82, 2.24) is 9.97 Å². The Bertz CT molecular complexity index is 855. The summed E-state index contributed by atoms with van der Waals surface area (Å²) in [6.45, 7) is 7.10. The van der Waals surface area contributed by atoms with Gasteiger partial charge in [0.05, 0.1) is 25.4 Å². The van der Waals surface area contributed by atoms with E-state index in [4.69, 9.17) is 14.2 Å². The van der Waals surface area contributed by atoms with E-state index in [0.29, 0.717) is 31.3 Å². The van der Waals surface area contributed by atoms with Crippen LogP contribution >= 0.6 is 0 Å². The highest BCUT2D eigenvalue weighted by molar-refractivity contribution is 5.89. The maximum atomic E-state index is 11.8. The molecular formula is C21H26N4O4. The first-order valence-corrected chi connectivity index (χ1v) is 10.00. The van der Waals surface area contributed by atoms with Crippen LogP contribution in [0.2, 0.25) is 0 Å². The van der Waals surface area contributed by atoms with Crippen molar-refractivity contribution >= 4 is 23.4 Å². The molecule has 1 N–H and O–H groups in total. The third kappa shape index (κ3) is 4.49. The van der Waals surface area contributed by atoms with Crippen LogP contribution in [0.3, 0.4) is 0 Å². The van der Waals surface area contributed by atoms with Gasteiger partial charge in [0.1, 0.15) is 5.82 Å². The zero-order chi connectivity index (χ0) is 20.3. The van der Waals surface area contributed by atoms with E-state index in [1.54, 1.807) is 19.1 Å². The molecule has 3 heterocycles. The number of anilines is 3. The highest BCUT2D eigenvalue weighted by Crippen LogP contribution is 2.33. The number of rotatable bonds is 5. The highest BCUT2D eigenvalue weighted by Gasteiger charge is 2.40. The van der Waals surface area contributed by atoms with E-state index in [1.807, 2.05) is 25.1 Å². The number of carbonyl (C=O) groups is 1. The molecular weight excluding hydrogens is 372 g/mol. The number of esters is 1. The number of piperidine rings is 1. The van der Waals surface area contributed by atoms with Crippen molar-refractivity contribution < 1.29 is 19.0 Å². The number of nitrogens with one attached hydrogen (secondary N) is 1. The third-order valence-electron chi connectivity index (χ3n) is 5.16. The number of carbonyl (C=O) groups excluding carboxylic acids is 1. The molecule has 2 saturated heterocycles.